The van der Waals surface area contributed by atoms with Crippen LogP contribution in [0.15, 0.2) is 12.1 Å². The van der Waals surface area contributed by atoms with Crippen LogP contribution in [0.3, 0.4) is 0 Å². The van der Waals surface area contributed by atoms with E-state index in [1.807, 2.05) is 0 Å². The fourth-order valence-corrected chi connectivity index (χ4v) is 0.699. The Hall–Kier alpha value is -1.39. The minimum Gasteiger partial charge on any atom is -0.255 e. The fraction of sp³-hybridized carbons (Fsp3) is 0. The van der Waals surface area contributed by atoms with Crippen LogP contribution in [-0.2, 0) is 0 Å². The van der Waals surface area contributed by atoms with E-state index in [0.29, 0.717) is 6.07 Å². The van der Waals surface area contributed by atoms with E-state index >= 15 is 0 Å². The van der Waals surface area contributed by atoms with Gasteiger partial charge in [-0.1, -0.05) is 0 Å². The average molecular weight is 178 g/mol. The van der Waals surface area contributed by atoms with Crippen LogP contribution in [0.1, 0.15) is 10.4 Å². The van der Waals surface area contributed by atoms with Crippen LogP contribution in [0.25, 0.3) is 0 Å². The molecule has 0 heterocycles. The molecule has 0 N–H and O–H groups in total. The van der Waals surface area contributed by atoms with Crippen molar-refractivity contribution in [2.45, 2.75) is 0 Å². The minimum atomic E-state index is -2.20. The van der Waals surface area contributed by atoms with E-state index in [1.54, 1.807) is 0 Å². The van der Waals surface area contributed by atoms with Crippen molar-refractivity contribution in [2.24, 2.45) is 0 Å². The lowest BCUT2D eigenvalue weighted by Gasteiger charge is -1.96. The molecule has 0 saturated carbocycles. The summed E-state index contributed by atoms with van der Waals surface area (Å²) >= 11 is 0. The molecule has 1 nitrogen and oxygen atoms in total. The number of carbonyl (C=O) groups excluding carboxylic acids is 1. The topological polar surface area (TPSA) is 17.1 Å². The van der Waals surface area contributed by atoms with E-state index in [0.717, 1.165) is 0 Å². The molecule has 0 aliphatic heterocycles. The molecule has 0 aliphatic carbocycles. The van der Waals surface area contributed by atoms with Crippen molar-refractivity contribution in [1.82, 2.24) is 0 Å². The lowest BCUT2D eigenvalue weighted by atomic mass is 10.2. The Kier molecular flexibility index (Phi) is 2.12. The van der Waals surface area contributed by atoms with Gasteiger partial charge in [-0.25, -0.2) is 13.2 Å². The van der Waals surface area contributed by atoms with Gasteiger partial charge >= 0.3 is 6.04 Å². The molecule has 0 bridgehead atoms. The average Bonchev–Trinajstić information content (AvgIpc) is 1.96. The molecule has 0 saturated heterocycles. The van der Waals surface area contributed by atoms with Crippen molar-refractivity contribution in [3.05, 3.63) is 35.1 Å². The highest BCUT2D eigenvalue weighted by atomic mass is 19.2. The molecule has 0 aliphatic rings. The van der Waals surface area contributed by atoms with Gasteiger partial charge in [-0.15, -0.1) is 0 Å². The Bertz CT molecular complexity index is 334. The summed E-state index contributed by atoms with van der Waals surface area (Å²) in [5.41, 5.74) is -1.23. The number of halogens is 4. The quantitative estimate of drug-likeness (QED) is 0.366. The Morgan fingerprint density at radius 3 is 2.25 bits per heavy atom. The maximum absolute atomic E-state index is 12.4. The van der Waals surface area contributed by atoms with E-state index < -0.39 is 29.1 Å². The molecule has 0 fully saturated rings. The molecule has 0 amide bonds. The van der Waals surface area contributed by atoms with Crippen LogP contribution >= 0.6 is 0 Å². The molecule has 1 rings (SSSR count). The summed E-state index contributed by atoms with van der Waals surface area (Å²) in [6.45, 7) is 0. The van der Waals surface area contributed by atoms with E-state index in [4.69, 9.17) is 0 Å². The first kappa shape index (κ1) is 8.70. The molecular formula is C7H2F4O. The Morgan fingerprint density at radius 2 is 1.75 bits per heavy atom. The van der Waals surface area contributed by atoms with Crippen molar-refractivity contribution in [3.8, 4) is 0 Å². The van der Waals surface area contributed by atoms with Gasteiger partial charge < -0.3 is 0 Å². The van der Waals surface area contributed by atoms with Gasteiger partial charge in [0.15, 0.2) is 11.6 Å². The number of carbonyl (C=O) groups is 1. The van der Waals surface area contributed by atoms with Crippen molar-refractivity contribution < 1.29 is 22.4 Å². The SMILES string of the molecule is O=C(F)c1cc(F)cc(F)c1F. The summed E-state index contributed by atoms with van der Waals surface area (Å²) in [7, 11) is 0. The number of hydrogen-bond donors (Lipinski definition) is 0. The Morgan fingerprint density at radius 1 is 1.17 bits per heavy atom. The smallest absolute Gasteiger partial charge is 0.255 e. The third kappa shape index (κ3) is 1.44. The predicted molar refractivity (Wildman–Crippen MR) is 31.8 cm³/mol. The zero-order valence-corrected chi connectivity index (χ0v) is 5.57. The second-order valence-electron chi connectivity index (χ2n) is 2.02. The van der Waals surface area contributed by atoms with Crippen molar-refractivity contribution in [2.75, 3.05) is 0 Å². The Balaban J connectivity index is 3.37. The summed E-state index contributed by atoms with van der Waals surface area (Å²) in [4.78, 5) is 9.93. The lowest BCUT2D eigenvalue weighted by molar-refractivity contribution is 0.0829. The van der Waals surface area contributed by atoms with Gasteiger partial charge in [0.05, 0.1) is 5.56 Å². The van der Waals surface area contributed by atoms with E-state index in [1.165, 1.54) is 0 Å². The highest BCUT2D eigenvalue weighted by Crippen LogP contribution is 2.14. The van der Waals surface area contributed by atoms with Gasteiger partial charge in [0, 0.05) is 6.07 Å². The molecule has 0 unspecified atom stereocenters. The van der Waals surface area contributed by atoms with Crippen molar-refractivity contribution in [1.29, 1.82) is 0 Å². The first-order chi connectivity index (χ1) is 5.52. The van der Waals surface area contributed by atoms with Crippen LogP contribution in [-0.4, -0.2) is 6.04 Å². The van der Waals surface area contributed by atoms with Gasteiger partial charge in [0.2, 0.25) is 0 Å². The normalized spacial score (nSPS) is 10.0. The maximum atomic E-state index is 12.4. The first-order valence-corrected chi connectivity index (χ1v) is 2.86. The molecule has 64 valence electrons. The first-order valence-electron chi connectivity index (χ1n) is 2.86. The van der Waals surface area contributed by atoms with Crippen LogP contribution in [0.4, 0.5) is 17.6 Å². The van der Waals surface area contributed by atoms with Gasteiger partial charge in [-0.3, -0.25) is 4.79 Å². The maximum Gasteiger partial charge on any atom is 0.335 e. The Labute approximate surface area is 64.6 Å². The standard InChI is InChI=1S/C7H2F4O/c8-3-1-4(7(11)12)6(10)5(9)2-3/h1-2H. The molecule has 0 atom stereocenters. The highest BCUT2D eigenvalue weighted by Gasteiger charge is 2.16. The van der Waals surface area contributed by atoms with Crippen LogP contribution in [0, 0.1) is 17.5 Å². The number of benzene rings is 1. The second-order valence-corrected chi connectivity index (χ2v) is 2.02. The summed E-state index contributed by atoms with van der Waals surface area (Å²) in [6, 6.07) is -1.69. The van der Waals surface area contributed by atoms with Crippen LogP contribution in [0.2, 0.25) is 0 Å². The molecule has 12 heavy (non-hydrogen) atoms. The van der Waals surface area contributed by atoms with E-state index in [9.17, 15) is 22.4 Å². The number of hydrogen-bond acceptors (Lipinski definition) is 1. The van der Waals surface area contributed by atoms with Crippen molar-refractivity contribution in [3.63, 3.8) is 0 Å². The molecule has 5 heteroatoms. The summed E-state index contributed by atoms with van der Waals surface area (Å²) in [6.07, 6.45) is 0. The third-order valence-electron chi connectivity index (χ3n) is 1.20. The summed E-state index contributed by atoms with van der Waals surface area (Å²) in [5.74, 6) is -4.46. The van der Waals surface area contributed by atoms with Crippen LogP contribution < -0.4 is 0 Å². The van der Waals surface area contributed by atoms with Crippen LogP contribution in [0.5, 0.6) is 0 Å². The second kappa shape index (κ2) is 2.92. The predicted octanol–water partition coefficient (Wildman–Crippen LogP) is 2.21. The molecule has 1 aromatic carbocycles. The zero-order chi connectivity index (χ0) is 9.30. The lowest BCUT2D eigenvalue weighted by Crippen LogP contribution is -1.99. The molecule has 0 aromatic heterocycles. The monoisotopic (exact) mass is 178 g/mol. The minimum absolute atomic E-state index is 0.224. The largest absolute Gasteiger partial charge is 0.335 e. The molecule has 0 spiro atoms. The molecular weight excluding hydrogens is 176 g/mol. The summed E-state index contributed by atoms with van der Waals surface area (Å²) < 4.78 is 48.8. The zero-order valence-electron chi connectivity index (χ0n) is 5.57. The van der Waals surface area contributed by atoms with E-state index in [-0.39, 0.29) is 6.07 Å². The molecule has 1 aromatic rings. The fourth-order valence-electron chi connectivity index (χ4n) is 0.699. The van der Waals surface area contributed by atoms with E-state index in [2.05, 4.69) is 0 Å². The third-order valence-corrected chi connectivity index (χ3v) is 1.20. The molecule has 0 radical (unpaired) electrons. The van der Waals surface area contributed by atoms with Crippen molar-refractivity contribution >= 4 is 6.04 Å². The summed E-state index contributed by atoms with van der Waals surface area (Å²) in [5, 5.41) is 0. The van der Waals surface area contributed by atoms with Gasteiger partial charge in [0.1, 0.15) is 5.82 Å². The van der Waals surface area contributed by atoms with Gasteiger partial charge in [0.25, 0.3) is 0 Å². The number of rotatable bonds is 1. The van der Waals surface area contributed by atoms with Gasteiger partial charge in [-0.05, 0) is 6.07 Å². The highest BCUT2D eigenvalue weighted by molar-refractivity contribution is 5.88. The van der Waals surface area contributed by atoms with Gasteiger partial charge in [-0.2, -0.15) is 4.39 Å².